The van der Waals surface area contributed by atoms with Gasteiger partial charge in [-0.25, -0.2) is 0 Å². The molecule has 0 aliphatic carbocycles. The third kappa shape index (κ3) is 4.70. The number of amides is 2. The van der Waals surface area contributed by atoms with Gasteiger partial charge in [0, 0.05) is 6.08 Å². The standard InChI is InChI=1S/C20H20N2O4S2/c1-13(18(24)21-15(12-23)10-14-6-3-2-4-7-14)22-19(25)17(28-20(22)27)11-16-8-5-9-26-16/h2-9,11,13,15,23H,10,12H2,1H3,(H,21,24)/b17-11-. The maximum absolute atomic E-state index is 12.7. The Balaban J connectivity index is 1.66. The molecule has 2 aromatic rings. The number of carbonyl (C=O) groups is 2. The lowest BCUT2D eigenvalue weighted by Crippen LogP contribution is -2.51. The second-order valence-corrected chi connectivity index (χ2v) is 8.00. The number of carbonyl (C=O) groups excluding carboxylic acids is 2. The van der Waals surface area contributed by atoms with Gasteiger partial charge >= 0.3 is 0 Å². The van der Waals surface area contributed by atoms with Crippen molar-refractivity contribution in [2.45, 2.75) is 25.4 Å². The molecule has 0 spiro atoms. The molecule has 1 fully saturated rings. The lowest BCUT2D eigenvalue weighted by atomic mass is 10.1. The fraction of sp³-hybridized carbons (Fsp3) is 0.250. The summed E-state index contributed by atoms with van der Waals surface area (Å²) in [7, 11) is 0. The number of nitrogens with zero attached hydrogens (tertiary/aromatic N) is 1. The molecule has 1 aliphatic rings. The number of thioether (sulfide) groups is 1. The number of aliphatic hydroxyl groups excluding tert-OH is 1. The van der Waals surface area contributed by atoms with Crippen LogP contribution in [0, 0.1) is 0 Å². The van der Waals surface area contributed by atoms with Crippen molar-refractivity contribution in [3.05, 3.63) is 65.0 Å². The lowest BCUT2D eigenvalue weighted by molar-refractivity contribution is -0.132. The SMILES string of the molecule is CC(C(=O)NC(CO)Cc1ccccc1)N1C(=O)/C(=C/c2ccco2)SC1=S. The van der Waals surface area contributed by atoms with E-state index in [-0.39, 0.29) is 18.4 Å². The highest BCUT2D eigenvalue weighted by Gasteiger charge is 2.38. The van der Waals surface area contributed by atoms with Gasteiger partial charge in [-0.1, -0.05) is 54.3 Å². The van der Waals surface area contributed by atoms with E-state index in [2.05, 4.69) is 5.32 Å². The topological polar surface area (TPSA) is 82.8 Å². The molecule has 28 heavy (non-hydrogen) atoms. The maximum atomic E-state index is 12.7. The first kappa shape index (κ1) is 20.3. The summed E-state index contributed by atoms with van der Waals surface area (Å²) in [5, 5.41) is 12.4. The highest BCUT2D eigenvalue weighted by molar-refractivity contribution is 8.26. The fourth-order valence-electron chi connectivity index (χ4n) is 2.82. The first-order valence-corrected chi connectivity index (χ1v) is 9.97. The molecule has 2 unspecified atom stereocenters. The van der Waals surface area contributed by atoms with Gasteiger partial charge in [-0.2, -0.15) is 0 Å². The van der Waals surface area contributed by atoms with Crippen molar-refractivity contribution in [2.75, 3.05) is 6.61 Å². The minimum absolute atomic E-state index is 0.204. The largest absolute Gasteiger partial charge is 0.465 e. The molecular formula is C20H20N2O4S2. The van der Waals surface area contributed by atoms with E-state index in [1.165, 1.54) is 11.2 Å². The zero-order valence-electron chi connectivity index (χ0n) is 15.2. The van der Waals surface area contributed by atoms with Crippen LogP contribution in [0.3, 0.4) is 0 Å². The van der Waals surface area contributed by atoms with Gasteiger partial charge in [-0.05, 0) is 31.0 Å². The lowest BCUT2D eigenvalue weighted by Gasteiger charge is -2.25. The first-order valence-electron chi connectivity index (χ1n) is 8.75. The fourth-order valence-corrected chi connectivity index (χ4v) is 4.21. The molecule has 2 amide bonds. The minimum atomic E-state index is -0.792. The molecule has 2 N–H and O–H groups in total. The minimum Gasteiger partial charge on any atom is -0.465 e. The van der Waals surface area contributed by atoms with Crippen LogP contribution in [0.15, 0.2) is 58.1 Å². The summed E-state index contributed by atoms with van der Waals surface area (Å²) < 4.78 is 5.55. The Morgan fingerprint density at radius 2 is 2.07 bits per heavy atom. The van der Waals surface area contributed by atoms with Crippen LogP contribution in [0.4, 0.5) is 0 Å². The first-order chi connectivity index (χ1) is 13.5. The number of benzene rings is 1. The van der Waals surface area contributed by atoms with Gasteiger partial charge in [0.15, 0.2) is 0 Å². The Morgan fingerprint density at radius 1 is 1.32 bits per heavy atom. The number of furan rings is 1. The quantitative estimate of drug-likeness (QED) is 0.533. The van der Waals surface area contributed by atoms with Crippen molar-refractivity contribution >= 4 is 46.2 Å². The summed E-state index contributed by atoms with van der Waals surface area (Å²) in [6.07, 6.45) is 3.62. The molecule has 8 heteroatoms. The number of hydrogen-bond donors (Lipinski definition) is 2. The second kappa shape index (κ2) is 9.18. The van der Waals surface area contributed by atoms with E-state index < -0.39 is 12.1 Å². The highest BCUT2D eigenvalue weighted by Crippen LogP contribution is 2.34. The van der Waals surface area contributed by atoms with Crippen LogP contribution in [0.5, 0.6) is 0 Å². The predicted octanol–water partition coefficient (Wildman–Crippen LogP) is 2.59. The van der Waals surface area contributed by atoms with E-state index in [0.29, 0.717) is 21.4 Å². The third-order valence-electron chi connectivity index (χ3n) is 4.30. The van der Waals surface area contributed by atoms with Gasteiger partial charge in [0.2, 0.25) is 5.91 Å². The van der Waals surface area contributed by atoms with E-state index in [4.69, 9.17) is 16.6 Å². The molecule has 2 heterocycles. The monoisotopic (exact) mass is 416 g/mol. The van der Waals surface area contributed by atoms with Gasteiger partial charge in [-0.3, -0.25) is 14.5 Å². The van der Waals surface area contributed by atoms with E-state index in [0.717, 1.165) is 17.3 Å². The molecule has 1 saturated heterocycles. The van der Waals surface area contributed by atoms with E-state index >= 15 is 0 Å². The van der Waals surface area contributed by atoms with Crippen LogP contribution in [0.25, 0.3) is 6.08 Å². The van der Waals surface area contributed by atoms with Gasteiger partial charge in [0.1, 0.15) is 16.1 Å². The van der Waals surface area contributed by atoms with Crippen LogP contribution < -0.4 is 5.32 Å². The van der Waals surface area contributed by atoms with Crippen molar-refractivity contribution in [3.8, 4) is 0 Å². The Morgan fingerprint density at radius 3 is 2.71 bits per heavy atom. The van der Waals surface area contributed by atoms with Crippen molar-refractivity contribution in [3.63, 3.8) is 0 Å². The van der Waals surface area contributed by atoms with Crippen LogP contribution >= 0.6 is 24.0 Å². The molecule has 0 radical (unpaired) electrons. The van der Waals surface area contributed by atoms with Crippen LogP contribution in [0.2, 0.25) is 0 Å². The highest BCUT2D eigenvalue weighted by atomic mass is 32.2. The summed E-state index contributed by atoms with van der Waals surface area (Å²) in [5.41, 5.74) is 1.00. The maximum Gasteiger partial charge on any atom is 0.267 e. The normalized spacial score (nSPS) is 17.8. The Labute approximate surface area is 172 Å². The van der Waals surface area contributed by atoms with Gasteiger partial charge in [-0.15, -0.1) is 0 Å². The molecule has 1 aromatic heterocycles. The Bertz CT molecular complexity index is 881. The Kier molecular flexibility index (Phi) is 6.66. The molecule has 2 atom stereocenters. The van der Waals surface area contributed by atoms with E-state index in [1.807, 2.05) is 30.3 Å². The number of rotatable bonds is 7. The average molecular weight is 417 g/mol. The van der Waals surface area contributed by atoms with Gasteiger partial charge < -0.3 is 14.8 Å². The second-order valence-electron chi connectivity index (χ2n) is 6.32. The summed E-state index contributed by atoms with van der Waals surface area (Å²) >= 11 is 6.43. The van der Waals surface area contributed by atoms with Crippen molar-refractivity contribution in [2.24, 2.45) is 0 Å². The third-order valence-corrected chi connectivity index (χ3v) is 5.63. The molecule has 3 rings (SSSR count). The number of thiocarbonyl (C=S) groups is 1. The molecule has 1 aliphatic heterocycles. The zero-order chi connectivity index (χ0) is 20.1. The summed E-state index contributed by atoms with van der Waals surface area (Å²) in [6, 6.07) is 11.8. The van der Waals surface area contributed by atoms with Crippen LogP contribution in [0.1, 0.15) is 18.2 Å². The summed E-state index contributed by atoms with van der Waals surface area (Å²) in [6.45, 7) is 1.41. The number of aliphatic hydroxyl groups is 1. The molecule has 0 saturated carbocycles. The molecule has 0 bridgehead atoms. The molecule has 146 valence electrons. The van der Waals surface area contributed by atoms with Crippen LogP contribution in [-0.2, 0) is 16.0 Å². The van der Waals surface area contributed by atoms with Gasteiger partial charge in [0.05, 0.1) is 23.8 Å². The summed E-state index contributed by atoms with van der Waals surface area (Å²) in [4.78, 5) is 27.1. The average Bonchev–Trinajstić information content (AvgIpc) is 3.29. The summed E-state index contributed by atoms with van der Waals surface area (Å²) in [5.74, 6) is -0.163. The zero-order valence-corrected chi connectivity index (χ0v) is 16.8. The Hall–Kier alpha value is -2.42. The van der Waals surface area contributed by atoms with Crippen LogP contribution in [-0.4, -0.2) is 44.8 Å². The van der Waals surface area contributed by atoms with Crippen molar-refractivity contribution in [1.29, 1.82) is 0 Å². The number of hydrogen-bond acceptors (Lipinski definition) is 6. The molecule has 6 nitrogen and oxygen atoms in total. The van der Waals surface area contributed by atoms with E-state index in [1.54, 1.807) is 25.1 Å². The number of nitrogens with one attached hydrogen (secondary N) is 1. The van der Waals surface area contributed by atoms with Gasteiger partial charge in [0.25, 0.3) is 5.91 Å². The van der Waals surface area contributed by atoms with Crippen molar-refractivity contribution < 1.29 is 19.1 Å². The predicted molar refractivity (Wildman–Crippen MR) is 112 cm³/mol. The molecule has 1 aromatic carbocycles. The van der Waals surface area contributed by atoms with E-state index in [9.17, 15) is 14.7 Å². The van der Waals surface area contributed by atoms with Crippen molar-refractivity contribution in [1.82, 2.24) is 10.2 Å². The smallest absolute Gasteiger partial charge is 0.267 e. The molecular weight excluding hydrogens is 396 g/mol.